The van der Waals surface area contributed by atoms with Crippen LogP contribution in [0.2, 0.25) is 0 Å². The van der Waals surface area contributed by atoms with Gasteiger partial charge in [-0.3, -0.25) is 4.90 Å². The lowest BCUT2D eigenvalue weighted by atomic mass is 9.73. The number of nitrogens with one attached hydrogen (secondary N) is 2. The Hall–Kier alpha value is -0.870. The van der Waals surface area contributed by atoms with E-state index in [-0.39, 0.29) is 24.0 Å². The highest BCUT2D eigenvalue weighted by atomic mass is 127. The lowest BCUT2D eigenvalue weighted by molar-refractivity contribution is 0.00820. The minimum atomic E-state index is 0. The molecule has 1 aliphatic heterocycles. The van der Waals surface area contributed by atoms with Gasteiger partial charge in [-0.15, -0.1) is 24.0 Å². The molecule has 2 fully saturated rings. The van der Waals surface area contributed by atoms with Crippen molar-refractivity contribution >= 4 is 29.9 Å². The van der Waals surface area contributed by atoms with Crippen molar-refractivity contribution in [2.75, 3.05) is 45.9 Å². The molecular formula is C23H43IN6O. The first kappa shape index (κ1) is 26.4. The Morgan fingerprint density at radius 1 is 1.19 bits per heavy atom. The first-order valence-electron chi connectivity index (χ1n) is 11.9. The van der Waals surface area contributed by atoms with Crippen LogP contribution < -0.4 is 10.6 Å². The highest BCUT2D eigenvalue weighted by molar-refractivity contribution is 14.0. The molecule has 1 aliphatic carbocycles. The Labute approximate surface area is 205 Å². The van der Waals surface area contributed by atoms with Crippen molar-refractivity contribution in [2.24, 2.45) is 16.3 Å². The summed E-state index contributed by atoms with van der Waals surface area (Å²) in [6, 6.07) is 0. The molecule has 1 aromatic heterocycles. The van der Waals surface area contributed by atoms with Crippen molar-refractivity contribution in [2.45, 2.75) is 66.0 Å². The van der Waals surface area contributed by atoms with Gasteiger partial charge in [0.25, 0.3) is 0 Å². The Kier molecular flexibility index (Phi) is 11.6. The van der Waals surface area contributed by atoms with Crippen molar-refractivity contribution in [3.63, 3.8) is 0 Å². The number of halogens is 1. The fraction of sp³-hybridized carbons (Fsp3) is 0.826. The average molecular weight is 547 g/mol. The van der Waals surface area contributed by atoms with Crippen LogP contribution in [-0.2, 0) is 17.8 Å². The van der Waals surface area contributed by atoms with Crippen LogP contribution >= 0.6 is 24.0 Å². The number of aliphatic imine (C=N–C) groups is 1. The average Bonchev–Trinajstić information content (AvgIpc) is 3.18. The number of aromatic nitrogens is 2. The van der Waals surface area contributed by atoms with Gasteiger partial charge in [0.15, 0.2) is 5.96 Å². The van der Waals surface area contributed by atoms with Crippen LogP contribution in [0.4, 0.5) is 0 Å². The molecule has 0 aromatic carbocycles. The van der Waals surface area contributed by atoms with Crippen LogP contribution in [0.5, 0.6) is 0 Å². The number of morpholine rings is 1. The number of hydrogen-bond acceptors (Lipinski definition) is 4. The van der Waals surface area contributed by atoms with E-state index in [1.807, 2.05) is 6.20 Å². The predicted molar refractivity (Wildman–Crippen MR) is 138 cm³/mol. The molecule has 2 heterocycles. The SMILES string of the molecule is CCNC(=NCc1nccn1CC(C)C)NCC1(CN2CCOCC2)CCCCC1.I. The lowest BCUT2D eigenvalue weighted by Gasteiger charge is -2.42. The molecule has 1 aromatic rings. The van der Waals surface area contributed by atoms with Gasteiger partial charge in [-0.2, -0.15) is 0 Å². The zero-order valence-corrected chi connectivity index (χ0v) is 22.1. The van der Waals surface area contributed by atoms with E-state index >= 15 is 0 Å². The molecule has 8 heteroatoms. The van der Waals surface area contributed by atoms with Crippen LogP contribution in [0.3, 0.4) is 0 Å². The molecule has 1 saturated heterocycles. The Morgan fingerprint density at radius 3 is 2.61 bits per heavy atom. The molecule has 0 amide bonds. The maximum Gasteiger partial charge on any atom is 0.191 e. The molecule has 2 N–H and O–H groups in total. The van der Waals surface area contributed by atoms with Gasteiger partial charge in [0, 0.05) is 57.1 Å². The number of rotatable bonds is 9. The number of ether oxygens (including phenoxy) is 1. The van der Waals surface area contributed by atoms with Crippen molar-refractivity contribution in [3.05, 3.63) is 18.2 Å². The van der Waals surface area contributed by atoms with Crippen molar-refractivity contribution in [1.82, 2.24) is 25.1 Å². The molecule has 2 aliphatic rings. The molecule has 178 valence electrons. The van der Waals surface area contributed by atoms with E-state index in [0.29, 0.717) is 17.9 Å². The summed E-state index contributed by atoms with van der Waals surface area (Å²) >= 11 is 0. The van der Waals surface area contributed by atoms with Crippen LogP contribution in [0.1, 0.15) is 58.7 Å². The zero-order valence-electron chi connectivity index (χ0n) is 19.7. The molecular weight excluding hydrogens is 503 g/mol. The normalized spacial score (nSPS) is 19.8. The quantitative estimate of drug-likeness (QED) is 0.282. The van der Waals surface area contributed by atoms with Gasteiger partial charge >= 0.3 is 0 Å². The monoisotopic (exact) mass is 546 g/mol. The minimum absolute atomic E-state index is 0. The summed E-state index contributed by atoms with van der Waals surface area (Å²) in [5.41, 5.74) is 0.335. The first-order chi connectivity index (χ1) is 14.6. The topological polar surface area (TPSA) is 66.7 Å². The van der Waals surface area contributed by atoms with Gasteiger partial charge in [0.2, 0.25) is 0 Å². The molecule has 0 bridgehead atoms. The van der Waals surface area contributed by atoms with E-state index in [1.165, 1.54) is 38.6 Å². The van der Waals surface area contributed by atoms with Crippen LogP contribution in [-0.4, -0.2) is 66.3 Å². The highest BCUT2D eigenvalue weighted by Crippen LogP contribution is 2.36. The van der Waals surface area contributed by atoms with E-state index in [2.05, 4.69) is 52.1 Å². The van der Waals surface area contributed by atoms with Gasteiger partial charge in [-0.25, -0.2) is 9.98 Å². The fourth-order valence-corrected chi connectivity index (χ4v) is 4.74. The maximum absolute atomic E-state index is 5.56. The lowest BCUT2D eigenvalue weighted by Crippen LogP contribution is -2.51. The molecule has 1 saturated carbocycles. The highest BCUT2D eigenvalue weighted by Gasteiger charge is 2.34. The molecule has 3 rings (SSSR count). The van der Waals surface area contributed by atoms with Gasteiger partial charge in [0.1, 0.15) is 12.4 Å². The molecule has 0 radical (unpaired) electrons. The fourth-order valence-electron chi connectivity index (χ4n) is 4.74. The van der Waals surface area contributed by atoms with E-state index in [1.54, 1.807) is 0 Å². The smallest absolute Gasteiger partial charge is 0.191 e. The minimum Gasteiger partial charge on any atom is -0.379 e. The predicted octanol–water partition coefficient (Wildman–Crippen LogP) is 3.49. The van der Waals surface area contributed by atoms with Crippen molar-refractivity contribution in [1.29, 1.82) is 0 Å². The van der Waals surface area contributed by atoms with Gasteiger partial charge in [0.05, 0.1) is 13.2 Å². The van der Waals surface area contributed by atoms with E-state index < -0.39 is 0 Å². The largest absolute Gasteiger partial charge is 0.379 e. The number of hydrogen-bond donors (Lipinski definition) is 2. The number of guanidine groups is 1. The van der Waals surface area contributed by atoms with E-state index in [0.717, 1.165) is 57.7 Å². The summed E-state index contributed by atoms with van der Waals surface area (Å²) in [7, 11) is 0. The van der Waals surface area contributed by atoms with Crippen LogP contribution in [0.25, 0.3) is 0 Å². The molecule has 0 spiro atoms. The molecule has 7 nitrogen and oxygen atoms in total. The third-order valence-corrected chi connectivity index (χ3v) is 6.29. The van der Waals surface area contributed by atoms with Crippen molar-refractivity contribution in [3.8, 4) is 0 Å². The second-order valence-corrected chi connectivity index (χ2v) is 9.39. The van der Waals surface area contributed by atoms with Gasteiger partial charge in [-0.1, -0.05) is 33.1 Å². The third-order valence-electron chi connectivity index (χ3n) is 6.29. The number of nitrogens with zero attached hydrogens (tertiary/aromatic N) is 4. The molecule has 0 unspecified atom stereocenters. The Bertz CT molecular complexity index is 650. The Morgan fingerprint density at radius 2 is 1.94 bits per heavy atom. The van der Waals surface area contributed by atoms with Crippen LogP contribution in [0.15, 0.2) is 17.4 Å². The van der Waals surface area contributed by atoms with E-state index in [9.17, 15) is 0 Å². The third kappa shape index (κ3) is 8.53. The molecule has 0 atom stereocenters. The standard InChI is InChI=1S/C23H42N6O.HI/c1-4-24-22(26-16-21-25-10-11-29(21)17-20(2)3)27-18-23(8-6-5-7-9-23)19-28-12-14-30-15-13-28;/h10-11,20H,4-9,12-19H2,1-3H3,(H2,24,26,27);1H. The zero-order chi connectivity index (χ0) is 21.2. The second-order valence-electron chi connectivity index (χ2n) is 9.39. The van der Waals surface area contributed by atoms with Crippen LogP contribution in [0, 0.1) is 11.3 Å². The summed E-state index contributed by atoms with van der Waals surface area (Å²) in [5, 5.41) is 7.12. The van der Waals surface area contributed by atoms with Gasteiger partial charge in [-0.05, 0) is 25.7 Å². The molecule has 31 heavy (non-hydrogen) atoms. The number of imidazole rings is 1. The summed E-state index contributed by atoms with van der Waals surface area (Å²) in [6.07, 6.45) is 10.6. The summed E-state index contributed by atoms with van der Waals surface area (Å²) < 4.78 is 7.78. The van der Waals surface area contributed by atoms with E-state index in [4.69, 9.17) is 9.73 Å². The first-order valence-corrected chi connectivity index (χ1v) is 11.9. The summed E-state index contributed by atoms with van der Waals surface area (Å²) in [5.74, 6) is 2.53. The van der Waals surface area contributed by atoms with Crippen molar-refractivity contribution < 1.29 is 4.74 Å². The van der Waals surface area contributed by atoms with Gasteiger partial charge < -0.3 is 19.9 Å². The second kappa shape index (κ2) is 13.6. The maximum atomic E-state index is 5.56. The summed E-state index contributed by atoms with van der Waals surface area (Å²) in [6.45, 7) is 15.1. The summed E-state index contributed by atoms with van der Waals surface area (Å²) in [4.78, 5) is 12.0. The Balaban J connectivity index is 0.00000341.